The van der Waals surface area contributed by atoms with Crippen molar-refractivity contribution in [2.75, 3.05) is 6.54 Å². The maximum Gasteiger partial charge on any atom is 0.00103 e. The number of hydrogen-bond acceptors (Lipinski definition) is 1. The second-order valence-corrected chi connectivity index (χ2v) is 4.17. The fourth-order valence-electron chi connectivity index (χ4n) is 1.13. The van der Waals surface area contributed by atoms with Crippen molar-refractivity contribution in [2.45, 2.75) is 46.1 Å². The summed E-state index contributed by atoms with van der Waals surface area (Å²) in [6.45, 7) is 7.99. The summed E-state index contributed by atoms with van der Waals surface area (Å²) >= 11 is 0. The van der Waals surface area contributed by atoms with E-state index in [0.717, 1.165) is 5.41 Å². The minimum Gasteiger partial charge on any atom is -0.315 e. The van der Waals surface area contributed by atoms with Crippen molar-refractivity contribution in [1.82, 2.24) is 5.32 Å². The molecule has 0 aromatic carbocycles. The summed E-state index contributed by atoms with van der Waals surface area (Å²) in [6.07, 6.45) is 4.27. The van der Waals surface area contributed by atoms with Crippen molar-refractivity contribution in [3.8, 4) is 0 Å². The monoisotopic (exact) mass is 141 g/mol. The zero-order chi connectivity index (χ0) is 7.61. The van der Waals surface area contributed by atoms with Gasteiger partial charge in [-0.15, -0.1) is 0 Å². The van der Waals surface area contributed by atoms with Crippen LogP contribution in [0.2, 0.25) is 0 Å². The summed E-state index contributed by atoms with van der Waals surface area (Å²) in [6, 6.07) is 0.655. The van der Waals surface area contributed by atoms with Gasteiger partial charge in [0.15, 0.2) is 0 Å². The van der Waals surface area contributed by atoms with E-state index >= 15 is 0 Å². The fourth-order valence-corrected chi connectivity index (χ4v) is 1.13. The summed E-state index contributed by atoms with van der Waals surface area (Å²) in [7, 11) is 0. The average molecular weight is 141 g/mol. The summed E-state index contributed by atoms with van der Waals surface area (Å²) in [5.74, 6) is 0. The highest BCUT2D eigenvalue weighted by Gasteiger charge is 2.36. The molecule has 0 radical (unpaired) electrons. The molecule has 1 rings (SSSR count). The predicted octanol–water partition coefficient (Wildman–Crippen LogP) is 2.17. The lowest BCUT2D eigenvalue weighted by atomic mass is 10.1. The van der Waals surface area contributed by atoms with Gasteiger partial charge in [0.05, 0.1) is 0 Å². The van der Waals surface area contributed by atoms with Gasteiger partial charge in [0.2, 0.25) is 0 Å². The molecule has 0 bridgehead atoms. The summed E-state index contributed by atoms with van der Waals surface area (Å²) in [4.78, 5) is 0. The molecule has 0 aliphatic heterocycles. The van der Waals surface area contributed by atoms with Gasteiger partial charge in [-0.2, -0.15) is 0 Å². The van der Waals surface area contributed by atoms with Crippen molar-refractivity contribution >= 4 is 0 Å². The molecule has 0 atom stereocenters. The summed E-state index contributed by atoms with van der Waals surface area (Å²) in [5.41, 5.74) is 0.724. The van der Waals surface area contributed by atoms with Crippen molar-refractivity contribution < 1.29 is 0 Å². The van der Waals surface area contributed by atoms with E-state index in [1.54, 1.807) is 0 Å². The van der Waals surface area contributed by atoms with Gasteiger partial charge in [-0.3, -0.25) is 0 Å². The third kappa shape index (κ3) is 2.70. The standard InChI is InChI=1S/C9H19N/c1-8(2)10-7-6-9(3)4-5-9/h8,10H,4-7H2,1-3H3. The zero-order valence-corrected chi connectivity index (χ0v) is 7.41. The van der Waals surface area contributed by atoms with Gasteiger partial charge in [-0.05, 0) is 31.2 Å². The van der Waals surface area contributed by atoms with Gasteiger partial charge in [0, 0.05) is 6.04 Å². The lowest BCUT2D eigenvalue weighted by molar-refractivity contribution is 0.465. The van der Waals surface area contributed by atoms with Crippen molar-refractivity contribution in [3.63, 3.8) is 0 Å². The first-order valence-electron chi connectivity index (χ1n) is 4.36. The van der Waals surface area contributed by atoms with E-state index in [1.165, 1.54) is 25.8 Å². The van der Waals surface area contributed by atoms with Crippen LogP contribution in [0.15, 0.2) is 0 Å². The highest BCUT2D eigenvalue weighted by Crippen LogP contribution is 2.47. The molecule has 1 saturated carbocycles. The molecule has 1 N–H and O–H groups in total. The first-order chi connectivity index (χ1) is 4.62. The Hall–Kier alpha value is -0.0400. The Kier molecular flexibility index (Phi) is 2.35. The Labute approximate surface area is 64.2 Å². The minimum absolute atomic E-state index is 0.655. The van der Waals surface area contributed by atoms with Gasteiger partial charge in [0.25, 0.3) is 0 Å². The van der Waals surface area contributed by atoms with Gasteiger partial charge in [-0.1, -0.05) is 20.8 Å². The SMILES string of the molecule is CC(C)NCCC1(C)CC1. The van der Waals surface area contributed by atoms with E-state index in [4.69, 9.17) is 0 Å². The smallest absolute Gasteiger partial charge is 0.00103 e. The number of nitrogens with one attached hydrogen (secondary N) is 1. The summed E-state index contributed by atoms with van der Waals surface area (Å²) in [5, 5.41) is 3.44. The van der Waals surface area contributed by atoms with E-state index in [2.05, 4.69) is 26.1 Å². The number of hydrogen-bond donors (Lipinski definition) is 1. The van der Waals surface area contributed by atoms with Crippen LogP contribution in [0.5, 0.6) is 0 Å². The maximum atomic E-state index is 3.44. The third-order valence-electron chi connectivity index (χ3n) is 2.38. The average Bonchev–Trinajstić information content (AvgIpc) is 2.47. The van der Waals surface area contributed by atoms with Crippen LogP contribution in [0.3, 0.4) is 0 Å². The molecule has 0 heterocycles. The second kappa shape index (κ2) is 2.91. The molecule has 0 saturated heterocycles. The molecule has 0 unspecified atom stereocenters. The van der Waals surface area contributed by atoms with Gasteiger partial charge < -0.3 is 5.32 Å². The zero-order valence-electron chi connectivity index (χ0n) is 7.41. The van der Waals surface area contributed by atoms with E-state index < -0.39 is 0 Å². The maximum absolute atomic E-state index is 3.44. The Morgan fingerprint density at radius 2 is 2.00 bits per heavy atom. The third-order valence-corrected chi connectivity index (χ3v) is 2.38. The molecule has 60 valence electrons. The Balaban J connectivity index is 1.95. The van der Waals surface area contributed by atoms with E-state index in [1.807, 2.05) is 0 Å². The molecule has 1 aliphatic carbocycles. The minimum atomic E-state index is 0.655. The van der Waals surface area contributed by atoms with Crippen LogP contribution >= 0.6 is 0 Å². The number of rotatable bonds is 4. The lowest BCUT2D eigenvalue weighted by Crippen LogP contribution is -2.25. The quantitative estimate of drug-likeness (QED) is 0.632. The van der Waals surface area contributed by atoms with Gasteiger partial charge in [0.1, 0.15) is 0 Å². The topological polar surface area (TPSA) is 12.0 Å². The highest BCUT2D eigenvalue weighted by molar-refractivity contribution is 4.88. The van der Waals surface area contributed by atoms with E-state index in [0.29, 0.717) is 6.04 Å². The van der Waals surface area contributed by atoms with Crippen LogP contribution in [-0.4, -0.2) is 12.6 Å². The Bertz CT molecular complexity index is 103. The summed E-state index contributed by atoms with van der Waals surface area (Å²) < 4.78 is 0. The molecule has 0 amide bonds. The molecule has 1 aliphatic rings. The Morgan fingerprint density at radius 3 is 2.40 bits per heavy atom. The van der Waals surface area contributed by atoms with E-state index in [-0.39, 0.29) is 0 Å². The molecule has 0 spiro atoms. The molecule has 1 heteroatoms. The van der Waals surface area contributed by atoms with Crippen LogP contribution in [-0.2, 0) is 0 Å². The molecule has 0 aromatic rings. The van der Waals surface area contributed by atoms with Crippen LogP contribution in [0.25, 0.3) is 0 Å². The molecule has 10 heavy (non-hydrogen) atoms. The van der Waals surface area contributed by atoms with Crippen LogP contribution < -0.4 is 5.32 Å². The van der Waals surface area contributed by atoms with Gasteiger partial charge >= 0.3 is 0 Å². The first-order valence-corrected chi connectivity index (χ1v) is 4.36. The van der Waals surface area contributed by atoms with Crippen molar-refractivity contribution in [2.24, 2.45) is 5.41 Å². The second-order valence-electron chi connectivity index (χ2n) is 4.17. The molecule has 1 nitrogen and oxygen atoms in total. The van der Waals surface area contributed by atoms with Crippen LogP contribution in [0.1, 0.15) is 40.0 Å². The van der Waals surface area contributed by atoms with Crippen LogP contribution in [0.4, 0.5) is 0 Å². The van der Waals surface area contributed by atoms with Crippen molar-refractivity contribution in [3.05, 3.63) is 0 Å². The molecular formula is C9H19N. The van der Waals surface area contributed by atoms with Crippen molar-refractivity contribution in [1.29, 1.82) is 0 Å². The highest BCUT2D eigenvalue weighted by atomic mass is 14.9. The molecular weight excluding hydrogens is 122 g/mol. The predicted molar refractivity (Wildman–Crippen MR) is 45.1 cm³/mol. The first kappa shape index (κ1) is 8.06. The lowest BCUT2D eigenvalue weighted by Gasteiger charge is -2.10. The molecule has 0 aromatic heterocycles. The van der Waals surface area contributed by atoms with Crippen LogP contribution in [0, 0.1) is 5.41 Å². The van der Waals surface area contributed by atoms with E-state index in [9.17, 15) is 0 Å². The largest absolute Gasteiger partial charge is 0.315 e. The normalized spacial score (nSPS) is 21.6. The Morgan fingerprint density at radius 1 is 1.40 bits per heavy atom. The molecule has 1 fully saturated rings. The fraction of sp³-hybridized carbons (Fsp3) is 1.00. The van der Waals surface area contributed by atoms with Gasteiger partial charge in [-0.25, -0.2) is 0 Å².